The number of hydrazine groups is 1. The summed E-state index contributed by atoms with van der Waals surface area (Å²) in [5.41, 5.74) is 0. The molecule has 5 nitrogen and oxygen atoms in total. The molecule has 0 aromatic heterocycles. The maximum Gasteiger partial charge on any atom is 0.244 e. The summed E-state index contributed by atoms with van der Waals surface area (Å²) in [7, 11) is 0. The molecule has 16 heavy (non-hydrogen) atoms. The van der Waals surface area contributed by atoms with Crippen LogP contribution in [0.25, 0.3) is 0 Å². The Morgan fingerprint density at radius 1 is 1.38 bits per heavy atom. The van der Waals surface area contributed by atoms with Crippen molar-refractivity contribution in [2.45, 2.75) is 25.3 Å². The first-order valence-electron chi connectivity index (χ1n) is 5.68. The Balaban J connectivity index is 2.12. The van der Waals surface area contributed by atoms with Gasteiger partial charge in [0.05, 0.1) is 0 Å². The van der Waals surface area contributed by atoms with Crippen molar-refractivity contribution in [2.75, 3.05) is 19.6 Å². The molecule has 1 atom stereocenters. The zero-order chi connectivity index (χ0) is 11.5. The minimum Gasteiger partial charge on any atom is -0.314 e. The van der Waals surface area contributed by atoms with Crippen LogP contribution in [0.3, 0.4) is 0 Å². The second-order valence-electron chi connectivity index (χ2n) is 4.14. The van der Waals surface area contributed by atoms with Crippen LogP contribution in [0.1, 0.15) is 19.3 Å². The van der Waals surface area contributed by atoms with Crippen LogP contribution in [0, 0.1) is 0 Å². The molecule has 2 amide bonds. The fourth-order valence-corrected chi connectivity index (χ4v) is 2.26. The van der Waals surface area contributed by atoms with Gasteiger partial charge in [0.25, 0.3) is 0 Å². The van der Waals surface area contributed by atoms with Crippen LogP contribution < -0.4 is 5.32 Å². The Bertz CT molecular complexity index is 300. The maximum absolute atomic E-state index is 11.7. The monoisotopic (exact) mass is 223 g/mol. The second kappa shape index (κ2) is 4.76. The molecule has 1 N–H and O–H groups in total. The van der Waals surface area contributed by atoms with Gasteiger partial charge < -0.3 is 5.32 Å². The van der Waals surface area contributed by atoms with E-state index in [9.17, 15) is 9.59 Å². The highest BCUT2D eigenvalue weighted by molar-refractivity contribution is 6.01. The van der Waals surface area contributed by atoms with Crippen molar-refractivity contribution in [1.82, 2.24) is 15.3 Å². The lowest BCUT2D eigenvalue weighted by Gasteiger charge is -2.40. The summed E-state index contributed by atoms with van der Waals surface area (Å²) < 4.78 is 0. The van der Waals surface area contributed by atoms with E-state index in [0.717, 1.165) is 19.5 Å². The zero-order valence-corrected chi connectivity index (χ0v) is 9.32. The first-order valence-corrected chi connectivity index (χ1v) is 5.68. The van der Waals surface area contributed by atoms with E-state index in [-0.39, 0.29) is 17.9 Å². The first kappa shape index (κ1) is 11.3. The van der Waals surface area contributed by atoms with Crippen molar-refractivity contribution in [1.29, 1.82) is 0 Å². The number of nitrogens with zero attached hydrogens (tertiary/aromatic N) is 2. The average molecular weight is 223 g/mol. The Kier molecular flexibility index (Phi) is 3.36. The van der Waals surface area contributed by atoms with Gasteiger partial charge in [0, 0.05) is 38.5 Å². The van der Waals surface area contributed by atoms with Gasteiger partial charge in [-0.2, -0.15) is 0 Å². The van der Waals surface area contributed by atoms with Gasteiger partial charge in [-0.3, -0.25) is 9.59 Å². The topological polar surface area (TPSA) is 52.6 Å². The standard InChI is InChI=1S/C11H17N3O2/c1-2-3-9-8-12-6-7-13(9)14-10(15)4-5-11(14)16/h2,9,12H,1,3-8H2. The SMILES string of the molecule is C=CCC1CNCCN1N1C(=O)CCC1=O. The van der Waals surface area contributed by atoms with Gasteiger partial charge in [-0.25, -0.2) is 10.0 Å². The summed E-state index contributed by atoms with van der Waals surface area (Å²) in [6, 6.07) is 0.164. The van der Waals surface area contributed by atoms with Crippen LogP contribution in [-0.2, 0) is 9.59 Å². The smallest absolute Gasteiger partial charge is 0.244 e. The molecule has 2 saturated heterocycles. The number of carbonyl (C=O) groups is 2. The third-order valence-corrected chi connectivity index (χ3v) is 3.04. The third-order valence-electron chi connectivity index (χ3n) is 3.04. The van der Waals surface area contributed by atoms with Crippen molar-refractivity contribution in [2.24, 2.45) is 0 Å². The van der Waals surface area contributed by atoms with Crippen LogP contribution in [0.5, 0.6) is 0 Å². The molecule has 0 spiro atoms. The van der Waals surface area contributed by atoms with Crippen molar-refractivity contribution in [3.8, 4) is 0 Å². The summed E-state index contributed by atoms with van der Waals surface area (Å²) in [5, 5.41) is 6.50. The molecule has 2 heterocycles. The summed E-state index contributed by atoms with van der Waals surface area (Å²) >= 11 is 0. The Morgan fingerprint density at radius 2 is 2.06 bits per heavy atom. The zero-order valence-electron chi connectivity index (χ0n) is 9.32. The molecule has 2 aliphatic heterocycles. The minimum absolute atomic E-state index is 0.0686. The fourth-order valence-electron chi connectivity index (χ4n) is 2.26. The molecular weight excluding hydrogens is 206 g/mol. The second-order valence-corrected chi connectivity index (χ2v) is 4.14. The predicted molar refractivity (Wildman–Crippen MR) is 59.3 cm³/mol. The van der Waals surface area contributed by atoms with Gasteiger partial charge in [-0.15, -0.1) is 6.58 Å². The summed E-state index contributed by atoms with van der Waals surface area (Å²) in [6.45, 7) is 6.02. The van der Waals surface area contributed by atoms with E-state index in [1.54, 1.807) is 0 Å². The van der Waals surface area contributed by atoms with Gasteiger partial charge in [-0.05, 0) is 6.42 Å². The molecule has 2 rings (SSSR count). The van der Waals surface area contributed by atoms with Gasteiger partial charge >= 0.3 is 0 Å². The minimum atomic E-state index is -0.0686. The quantitative estimate of drug-likeness (QED) is 0.536. The molecule has 1 unspecified atom stereocenters. The van der Waals surface area contributed by atoms with Gasteiger partial charge in [0.15, 0.2) is 0 Å². The van der Waals surface area contributed by atoms with Crippen molar-refractivity contribution in [3.05, 3.63) is 12.7 Å². The van der Waals surface area contributed by atoms with Gasteiger partial charge in [0.2, 0.25) is 11.8 Å². The van der Waals surface area contributed by atoms with Crippen molar-refractivity contribution < 1.29 is 9.59 Å². The average Bonchev–Trinajstić information content (AvgIpc) is 2.60. The Morgan fingerprint density at radius 3 is 2.69 bits per heavy atom. The van der Waals surface area contributed by atoms with E-state index in [0.29, 0.717) is 19.4 Å². The summed E-state index contributed by atoms with van der Waals surface area (Å²) in [6.07, 6.45) is 3.31. The molecule has 0 bridgehead atoms. The number of amides is 2. The summed E-state index contributed by atoms with van der Waals surface area (Å²) in [5.74, 6) is -0.137. The van der Waals surface area contributed by atoms with Crippen LogP contribution in [-0.4, -0.2) is 47.5 Å². The number of hydrogen-bond donors (Lipinski definition) is 1. The number of nitrogens with one attached hydrogen (secondary N) is 1. The van der Waals surface area contributed by atoms with Crippen molar-refractivity contribution >= 4 is 11.8 Å². The molecular formula is C11H17N3O2. The van der Waals surface area contributed by atoms with E-state index >= 15 is 0 Å². The molecule has 2 aliphatic rings. The Labute approximate surface area is 95.1 Å². The van der Waals surface area contributed by atoms with Gasteiger partial charge in [0.1, 0.15) is 0 Å². The molecule has 2 fully saturated rings. The molecule has 0 radical (unpaired) electrons. The number of hydrogen-bond acceptors (Lipinski definition) is 4. The highest BCUT2D eigenvalue weighted by Gasteiger charge is 2.37. The normalized spacial score (nSPS) is 27.5. The van der Waals surface area contributed by atoms with Crippen LogP contribution in [0.2, 0.25) is 0 Å². The molecule has 0 aromatic carbocycles. The lowest BCUT2D eigenvalue weighted by molar-refractivity contribution is -0.162. The molecule has 0 aliphatic carbocycles. The largest absolute Gasteiger partial charge is 0.314 e. The molecule has 0 saturated carbocycles. The maximum atomic E-state index is 11.7. The van der Waals surface area contributed by atoms with Crippen LogP contribution >= 0.6 is 0 Å². The van der Waals surface area contributed by atoms with E-state index in [2.05, 4.69) is 11.9 Å². The van der Waals surface area contributed by atoms with E-state index < -0.39 is 0 Å². The Hall–Kier alpha value is -1.20. The summed E-state index contributed by atoms with van der Waals surface area (Å²) in [4.78, 5) is 23.3. The lowest BCUT2D eigenvalue weighted by atomic mass is 10.1. The van der Waals surface area contributed by atoms with Crippen molar-refractivity contribution in [3.63, 3.8) is 0 Å². The lowest BCUT2D eigenvalue weighted by Crippen LogP contribution is -2.59. The van der Waals surface area contributed by atoms with E-state index in [4.69, 9.17) is 0 Å². The van der Waals surface area contributed by atoms with Crippen LogP contribution in [0.15, 0.2) is 12.7 Å². The predicted octanol–water partition coefficient (Wildman–Crippen LogP) is -0.0997. The molecule has 5 heteroatoms. The van der Waals surface area contributed by atoms with E-state index in [1.165, 1.54) is 5.01 Å². The highest BCUT2D eigenvalue weighted by atomic mass is 16.2. The van der Waals surface area contributed by atoms with Crippen LogP contribution in [0.4, 0.5) is 0 Å². The highest BCUT2D eigenvalue weighted by Crippen LogP contribution is 2.19. The molecule has 0 aromatic rings. The fraction of sp³-hybridized carbons (Fsp3) is 0.636. The number of imide groups is 1. The number of carbonyl (C=O) groups excluding carboxylic acids is 2. The van der Waals surface area contributed by atoms with Gasteiger partial charge in [-0.1, -0.05) is 6.08 Å². The van der Waals surface area contributed by atoms with E-state index in [1.807, 2.05) is 11.1 Å². The molecule has 88 valence electrons. The first-order chi connectivity index (χ1) is 7.74. The third kappa shape index (κ3) is 2.01. The number of piperazine rings is 1. The number of rotatable bonds is 3.